The maximum atomic E-state index is 12.7. The zero-order valence-electron chi connectivity index (χ0n) is 10.9. The van der Waals surface area contributed by atoms with Gasteiger partial charge in [0.25, 0.3) is 0 Å². The minimum Gasteiger partial charge on any atom is -0.480 e. The number of alkyl halides is 3. The largest absolute Gasteiger partial charge is 0.480 e. The first-order chi connectivity index (χ1) is 9.24. The molecular weight excluding hydrogens is 339 g/mol. The third kappa shape index (κ3) is 5.13. The first kappa shape index (κ1) is 17.0. The van der Waals surface area contributed by atoms with Crippen molar-refractivity contribution < 1.29 is 23.1 Å². The molecule has 0 radical (unpaired) electrons. The number of hydrogen-bond acceptors (Lipinski definition) is 2. The van der Waals surface area contributed by atoms with Gasteiger partial charge < -0.3 is 5.11 Å². The number of rotatable bonds is 6. The Morgan fingerprint density at radius 2 is 2.05 bits per heavy atom. The normalized spacial score (nSPS) is 11.9. The fourth-order valence-corrected chi connectivity index (χ4v) is 2.21. The number of carboxylic acid groups (broad SMARTS) is 1. The highest BCUT2D eigenvalue weighted by Crippen LogP contribution is 2.32. The van der Waals surface area contributed by atoms with Crippen LogP contribution in [0.15, 0.2) is 22.7 Å². The van der Waals surface area contributed by atoms with E-state index in [4.69, 9.17) is 5.11 Å². The van der Waals surface area contributed by atoms with E-state index in [0.29, 0.717) is 16.6 Å². The fourth-order valence-electron chi connectivity index (χ4n) is 1.83. The van der Waals surface area contributed by atoms with Gasteiger partial charge in [0.1, 0.15) is 0 Å². The van der Waals surface area contributed by atoms with Crippen LogP contribution >= 0.6 is 15.9 Å². The second kappa shape index (κ2) is 7.08. The molecule has 0 unspecified atom stereocenters. The molecule has 0 aromatic heterocycles. The molecule has 0 fully saturated rings. The molecule has 20 heavy (non-hydrogen) atoms. The predicted octanol–water partition coefficient (Wildman–Crippen LogP) is 3.76. The number of carbonyl (C=O) groups is 1. The average molecular weight is 354 g/mol. The van der Waals surface area contributed by atoms with Crippen LogP contribution in [0.2, 0.25) is 0 Å². The summed E-state index contributed by atoms with van der Waals surface area (Å²) in [5.41, 5.74) is -0.308. The molecule has 0 atom stereocenters. The fraction of sp³-hybridized carbons (Fsp3) is 0.462. The van der Waals surface area contributed by atoms with E-state index in [1.807, 2.05) is 6.92 Å². The minimum atomic E-state index is -4.40. The lowest BCUT2D eigenvalue weighted by Crippen LogP contribution is -2.30. The van der Waals surface area contributed by atoms with Crippen molar-refractivity contribution in [2.24, 2.45) is 0 Å². The van der Waals surface area contributed by atoms with Gasteiger partial charge in [-0.3, -0.25) is 9.69 Å². The Hall–Kier alpha value is -1.08. The van der Waals surface area contributed by atoms with Crippen LogP contribution in [0.4, 0.5) is 13.2 Å². The molecule has 0 saturated carbocycles. The lowest BCUT2D eigenvalue weighted by molar-refractivity contribution is -0.139. The molecule has 3 nitrogen and oxygen atoms in total. The van der Waals surface area contributed by atoms with Gasteiger partial charge in [0.15, 0.2) is 0 Å². The van der Waals surface area contributed by atoms with Crippen LogP contribution in [0, 0.1) is 0 Å². The van der Waals surface area contributed by atoms with Gasteiger partial charge in [0.2, 0.25) is 0 Å². The van der Waals surface area contributed by atoms with Gasteiger partial charge >= 0.3 is 12.1 Å². The first-order valence-corrected chi connectivity index (χ1v) is 6.83. The van der Waals surface area contributed by atoms with Crippen molar-refractivity contribution in [1.82, 2.24) is 4.90 Å². The van der Waals surface area contributed by atoms with Gasteiger partial charge in [-0.2, -0.15) is 13.2 Å². The van der Waals surface area contributed by atoms with Crippen molar-refractivity contribution in [3.05, 3.63) is 33.8 Å². The Morgan fingerprint density at radius 1 is 1.40 bits per heavy atom. The highest BCUT2D eigenvalue weighted by molar-refractivity contribution is 9.10. The summed E-state index contributed by atoms with van der Waals surface area (Å²) in [5, 5.41) is 8.81. The van der Waals surface area contributed by atoms with E-state index in [2.05, 4.69) is 15.9 Å². The van der Waals surface area contributed by atoms with Crippen LogP contribution in [0.1, 0.15) is 24.5 Å². The molecule has 1 rings (SSSR count). The molecule has 0 amide bonds. The highest BCUT2D eigenvalue weighted by atomic mass is 79.9. The minimum absolute atomic E-state index is 0.157. The lowest BCUT2D eigenvalue weighted by atomic mass is 10.1. The van der Waals surface area contributed by atoms with Crippen LogP contribution in [-0.2, 0) is 17.5 Å². The number of halogens is 4. The van der Waals surface area contributed by atoms with E-state index >= 15 is 0 Å². The Bertz CT molecular complexity index is 477. The van der Waals surface area contributed by atoms with Gasteiger partial charge in [-0.05, 0) is 36.7 Å². The Kier molecular flexibility index (Phi) is 6.01. The third-order valence-electron chi connectivity index (χ3n) is 2.67. The summed E-state index contributed by atoms with van der Waals surface area (Å²) in [5.74, 6) is -0.999. The summed E-state index contributed by atoms with van der Waals surface area (Å²) >= 11 is 3.20. The van der Waals surface area contributed by atoms with Gasteiger partial charge in [0.05, 0.1) is 12.1 Å². The smallest absolute Gasteiger partial charge is 0.416 e. The van der Waals surface area contributed by atoms with E-state index in [9.17, 15) is 18.0 Å². The number of nitrogens with zero attached hydrogens (tertiary/aromatic N) is 1. The van der Waals surface area contributed by atoms with Crippen molar-refractivity contribution in [3.8, 4) is 0 Å². The summed E-state index contributed by atoms with van der Waals surface area (Å²) < 4.78 is 38.6. The summed E-state index contributed by atoms with van der Waals surface area (Å²) in [4.78, 5) is 12.4. The van der Waals surface area contributed by atoms with E-state index in [1.165, 1.54) is 6.07 Å². The quantitative estimate of drug-likeness (QED) is 0.846. The lowest BCUT2D eigenvalue weighted by Gasteiger charge is -2.21. The summed E-state index contributed by atoms with van der Waals surface area (Å²) in [6.45, 7) is 2.35. The number of hydrogen-bond donors (Lipinski definition) is 1. The summed E-state index contributed by atoms with van der Waals surface area (Å²) in [6, 6.07) is 3.38. The van der Waals surface area contributed by atoms with Gasteiger partial charge in [0, 0.05) is 11.0 Å². The second-order valence-corrected chi connectivity index (χ2v) is 5.26. The van der Waals surface area contributed by atoms with Crippen LogP contribution in [0.3, 0.4) is 0 Å². The molecule has 0 saturated heterocycles. The van der Waals surface area contributed by atoms with E-state index < -0.39 is 17.7 Å². The molecule has 0 heterocycles. The van der Waals surface area contributed by atoms with Crippen molar-refractivity contribution in [1.29, 1.82) is 0 Å². The Morgan fingerprint density at radius 3 is 2.55 bits per heavy atom. The highest BCUT2D eigenvalue weighted by Gasteiger charge is 2.31. The number of aliphatic carboxylic acids is 1. The molecule has 1 aromatic carbocycles. The van der Waals surface area contributed by atoms with Crippen LogP contribution in [0.25, 0.3) is 0 Å². The Labute approximate surface area is 123 Å². The zero-order chi connectivity index (χ0) is 15.3. The second-order valence-electron chi connectivity index (χ2n) is 4.41. The topological polar surface area (TPSA) is 40.5 Å². The van der Waals surface area contributed by atoms with E-state index in [0.717, 1.165) is 18.6 Å². The number of carboxylic acids is 1. The standard InChI is InChI=1S/C13H15BrF3NO2/c1-2-5-18(8-12(19)20)7-9-6-10(13(15,16)17)3-4-11(9)14/h3-4,6H,2,5,7-8H2,1H3,(H,19,20). The van der Waals surface area contributed by atoms with Gasteiger partial charge in [-0.15, -0.1) is 0 Å². The summed E-state index contributed by atoms with van der Waals surface area (Å²) in [7, 11) is 0. The molecule has 7 heteroatoms. The predicted molar refractivity (Wildman–Crippen MR) is 72.3 cm³/mol. The molecule has 0 aliphatic rings. The van der Waals surface area contributed by atoms with Crippen LogP contribution in [-0.4, -0.2) is 29.1 Å². The molecule has 0 aliphatic carbocycles. The number of benzene rings is 1. The monoisotopic (exact) mass is 353 g/mol. The SMILES string of the molecule is CCCN(CC(=O)O)Cc1cc(C(F)(F)F)ccc1Br. The van der Waals surface area contributed by atoms with Crippen molar-refractivity contribution >= 4 is 21.9 Å². The van der Waals surface area contributed by atoms with Crippen molar-refractivity contribution in [2.45, 2.75) is 26.1 Å². The molecule has 1 aromatic rings. The zero-order valence-corrected chi connectivity index (χ0v) is 12.5. The molecular formula is C13H15BrF3NO2. The first-order valence-electron chi connectivity index (χ1n) is 6.03. The van der Waals surface area contributed by atoms with Gasteiger partial charge in [-0.1, -0.05) is 22.9 Å². The molecule has 0 bridgehead atoms. The molecule has 0 aliphatic heterocycles. The maximum Gasteiger partial charge on any atom is 0.416 e. The molecule has 112 valence electrons. The molecule has 1 N–H and O–H groups in total. The maximum absolute atomic E-state index is 12.7. The molecule has 0 spiro atoms. The van der Waals surface area contributed by atoms with Crippen LogP contribution < -0.4 is 0 Å². The Balaban J connectivity index is 2.96. The van der Waals surface area contributed by atoms with Gasteiger partial charge in [-0.25, -0.2) is 0 Å². The van der Waals surface area contributed by atoms with Crippen molar-refractivity contribution in [2.75, 3.05) is 13.1 Å². The van der Waals surface area contributed by atoms with E-state index in [1.54, 1.807) is 4.90 Å². The van der Waals surface area contributed by atoms with E-state index in [-0.39, 0.29) is 13.1 Å². The average Bonchev–Trinajstić information content (AvgIpc) is 2.30. The van der Waals surface area contributed by atoms with Crippen LogP contribution in [0.5, 0.6) is 0 Å². The van der Waals surface area contributed by atoms with Crippen molar-refractivity contribution in [3.63, 3.8) is 0 Å². The summed E-state index contributed by atoms with van der Waals surface area (Å²) in [6.07, 6.45) is -3.68. The third-order valence-corrected chi connectivity index (χ3v) is 3.44.